The van der Waals surface area contributed by atoms with Gasteiger partial charge in [-0.2, -0.15) is 0 Å². The Balaban J connectivity index is 2.11. The molecule has 7 heteroatoms. The van der Waals surface area contributed by atoms with Gasteiger partial charge in [0.2, 0.25) is 10.0 Å². The van der Waals surface area contributed by atoms with Crippen LogP contribution in [0.25, 0.3) is 0 Å². The molecule has 6 nitrogen and oxygen atoms in total. The Hall–Kier alpha value is -0.660. The van der Waals surface area contributed by atoms with E-state index in [0.29, 0.717) is 38.9 Å². The van der Waals surface area contributed by atoms with E-state index < -0.39 is 26.8 Å². The molecule has 116 valence electrons. The smallest absolute Gasteiger partial charge is 0.305 e. The van der Waals surface area contributed by atoms with Crippen molar-refractivity contribution in [3.8, 4) is 0 Å². The number of ether oxygens (including phenoxy) is 1. The summed E-state index contributed by atoms with van der Waals surface area (Å²) in [5.41, 5.74) is -0.790. The van der Waals surface area contributed by atoms with E-state index in [-0.39, 0.29) is 6.42 Å². The molecule has 1 aliphatic heterocycles. The molecule has 0 radical (unpaired) electrons. The molecule has 0 unspecified atom stereocenters. The van der Waals surface area contributed by atoms with Gasteiger partial charge in [-0.05, 0) is 25.7 Å². The number of carboxylic acids is 1. The van der Waals surface area contributed by atoms with E-state index in [4.69, 9.17) is 9.84 Å². The van der Waals surface area contributed by atoms with Crippen molar-refractivity contribution in [1.29, 1.82) is 0 Å². The van der Waals surface area contributed by atoms with Gasteiger partial charge in [0.05, 0.1) is 11.7 Å². The summed E-state index contributed by atoms with van der Waals surface area (Å²) in [5, 5.41) is 8.63. The number of carbonyl (C=O) groups is 1. The lowest BCUT2D eigenvalue weighted by Gasteiger charge is -2.38. The second kappa shape index (κ2) is 6.41. The van der Waals surface area contributed by atoms with Gasteiger partial charge in [0.15, 0.2) is 0 Å². The predicted octanol–water partition coefficient (Wildman–Crippen LogP) is 1.26. The largest absolute Gasteiger partial charge is 0.481 e. The summed E-state index contributed by atoms with van der Waals surface area (Å²) in [4.78, 5) is 11.1. The molecule has 0 spiro atoms. The molecule has 2 aliphatic rings. The van der Waals surface area contributed by atoms with E-state index in [1.54, 1.807) is 0 Å². The summed E-state index contributed by atoms with van der Waals surface area (Å²) in [6, 6.07) is 0. The van der Waals surface area contributed by atoms with Crippen molar-refractivity contribution in [3.63, 3.8) is 0 Å². The highest BCUT2D eigenvalue weighted by Crippen LogP contribution is 2.33. The van der Waals surface area contributed by atoms with Crippen molar-refractivity contribution in [2.24, 2.45) is 0 Å². The Bertz CT molecular complexity index is 436. The number of hydrogen-bond acceptors (Lipinski definition) is 4. The molecule has 0 atom stereocenters. The van der Waals surface area contributed by atoms with E-state index in [1.165, 1.54) is 0 Å². The summed E-state index contributed by atoms with van der Waals surface area (Å²) in [7, 11) is -3.48. The molecule has 1 saturated heterocycles. The first-order chi connectivity index (χ1) is 9.44. The minimum Gasteiger partial charge on any atom is -0.481 e. The lowest BCUT2D eigenvalue weighted by Crippen LogP contribution is -2.54. The van der Waals surface area contributed by atoms with Gasteiger partial charge in [0.1, 0.15) is 0 Å². The van der Waals surface area contributed by atoms with Crippen molar-refractivity contribution in [2.75, 3.05) is 13.2 Å². The average Bonchev–Trinajstić information content (AvgIpc) is 2.39. The molecule has 20 heavy (non-hydrogen) atoms. The van der Waals surface area contributed by atoms with Gasteiger partial charge in [-0.15, -0.1) is 0 Å². The normalized spacial score (nSPS) is 24.4. The monoisotopic (exact) mass is 305 g/mol. The highest BCUT2D eigenvalue weighted by molar-refractivity contribution is 7.90. The third-order valence-electron chi connectivity index (χ3n) is 4.27. The fourth-order valence-electron chi connectivity index (χ4n) is 3.20. The van der Waals surface area contributed by atoms with Crippen molar-refractivity contribution >= 4 is 16.0 Å². The molecule has 2 fully saturated rings. The van der Waals surface area contributed by atoms with Gasteiger partial charge in [-0.3, -0.25) is 4.79 Å². The zero-order valence-corrected chi connectivity index (χ0v) is 12.5. The minimum atomic E-state index is -3.48. The lowest BCUT2D eigenvalue weighted by molar-refractivity contribution is -0.138. The van der Waals surface area contributed by atoms with Crippen molar-refractivity contribution < 1.29 is 23.1 Å². The highest BCUT2D eigenvalue weighted by Gasteiger charge is 2.40. The Morgan fingerprint density at radius 3 is 2.35 bits per heavy atom. The molecular weight excluding hydrogens is 282 g/mol. The molecule has 0 aromatic heterocycles. The van der Waals surface area contributed by atoms with Crippen LogP contribution in [-0.4, -0.2) is 43.5 Å². The zero-order chi connectivity index (χ0) is 14.6. The number of rotatable bonds is 5. The fraction of sp³-hybridized carbons (Fsp3) is 0.923. The van der Waals surface area contributed by atoms with E-state index in [9.17, 15) is 13.2 Å². The second-order valence-electron chi connectivity index (χ2n) is 5.87. The number of aliphatic carboxylic acids is 1. The lowest BCUT2D eigenvalue weighted by atomic mass is 9.80. The van der Waals surface area contributed by atoms with Crippen LogP contribution in [0.5, 0.6) is 0 Å². The molecular formula is C13H23NO5S. The van der Waals surface area contributed by atoms with E-state index in [0.717, 1.165) is 19.3 Å². The minimum absolute atomic E-state index is 0.130. The first kappa shape index (κ1) is 15.7. The van der Waals surface area contributed by atoms with Crippen LogP contribution >= 0.6 is 0 Å². The van der Waals surface area contributed by atoms with Gasteiger partial charge >= 0.3 is 5.97 Å². The molecule has 2 rings (SSSR count). The van der Waals surface area contributed by atoms with Gasteiger partial charge in [-0.25, -0.2) is 13.1 Å². The maximum atomic E-state index is 12.5. The fourth-order valence-corrected chi connectivity index (χ4v) is 5.06. The average molecular weight is 305 g/mol. The van der Waals surface area contributed by atoms with Gasteiger partial charge in [-0.1, -0.05) is 19.3 Å². The quantitative estimate of drug-likeness (QED) is 0.797. The zero-order valence-electron chi connectivity index (χ0n) is 11.6. The molecule has 0 aromatic rings. The van der Waals surface area contributed by atoms with Gasteiger partial charge in [0.25, 0.3) is 0 Å². The van der Waals surface area contributed by atoms with Crippen LogP contribution < -0.4 is 4.72 Å². The van der Waals surface area contributed by atoms with Gasteiger partial charge < -0.3 is 9.84 Å². The Kier molecular flexibility index (Phi) is 5.04. The van der Waals surface area contributed by atoms with Crippen LogP contribution in [0.2, 0.25) is 0 Å². The highest BCUT2D eigenvalue weighted by atomic mass is 32.2. The third kappa shape index (κ3) is 3.93. The molecule has 2 N–H and O–H groups in total. The summed E-state index contributed by atoms with van der Waals surface area (Å²) >= 11 is 0. The molecule has 0 bridgehead atoms. The number of nitrogens with one attached hydrogen (secondary N) is 1. The Morgan fingerprint density at radius 1 is 1.20 bits per heavy atom. The number of hydrogen-bond donors (Lipinski definition) is 2. The molecule has 0 amide bonds. The first-order valence-electron chi connectivity index (χ1n) is 7.26. The van der Waals surface area contributed by atoms with E-state index in [1.807, 2.05) is 0 Å². The number of carboxylic acid groups (broad SMARTS) is 1. The van der Waals surface area contributed by atoms with Crippen LogP contribution in [-0.2, 0) is 19.6 Å². The van der Waals surface area contributed by atoms with Crippen molar-refractivity contribution in [3.05, 3.63) is 0 Å². The number of sulfonamides is 1. The summed E-state index contributed by atoms with van der Waals surface area (Å²) < 4.78 is 32.9. The molecule has 1 saturated carbocycles. The summed E-state index contributed by atoms with van der Waals surface area (Å²) in [6.07, 6.45) is 4.86. The van der Waals surface area contributed by atoms with E-state index in [2.05, 4.69) is 4.72 Å². The van der Waals surface area contributed by atoms with Crippen LogP contribution in [0.3, 0.4) is 0 Å². The third-order valence-corrected chi connectivity index (χ3v) is 6.33. The van der Waals surface area contributed by atoms with Crippen molar-refractivity contribution in [2.45, 2.75) is 62.2 Å². The van der Waals surface area contributed by atoms with Crippen LogP contribution in [0.1, 0.15) is 51.4 Å². The van der Waals surface area contributed by atoms with Crippen molar-refractivity contribution in [1.82, 2.24) is 4.72 Å². The standard InChI is InChI=1S/C13H23NO5S/c15-12(16)10-13(6-2-1-3-7-13)14-20(17,18)11-4-8-19-9-5-11/h11,14H,1-10H2,(H,15,16). The Morgan fingerprint density at radius 2 is 1.80 bits per heavy atom. The SMILES string of the molecule is O=C(O)CC1(NS(=O)(=O)C2CCOCC2)CCCCC1. The molecule has 1 heterocycles. The van der Waals surface area contributed by atoms with E-state index >= 15 is 0 Å². The molecule has 1 aliphatic carbocycles. The van der Waals surface area contributed by atoms with Gasteiger partial charge in [0, 0.05) is 18.8 Å². The van der Waals surface area contributed by atoms with Crippen LogP contribution in [0.15, 0.2) is 0 Å². The first-order valence-corrected chi connectivity index (χ1v) is 8.81. The summed E-state index contributed by atoms with van der Waals surface area (Å²) in [6.45, 7) is 0.912. The van der Waals surface area contributed by atoms with Crippen LogP contribution in [0.4, 0.5) is 0 Å². The Labute approximate surface area is 119 Å². The van der Waals surface area contributed by atoms with Crippen LogP contribution in [0, 0.1) is 0 Å². The topological polar surface area (TPSA) is 92.7 Å². The second-order valence-corrected chi connectivity index (χ2v) is 7.83. The maximum Gasteiger partial charge on any atom is 0.305 e. The molecule has 0 aromatic carbocycles. The predicted molar refractivity (Wildman–Crippen MR) is 74.0 cm³/mol. The summed E-state index contributed by atoms with van der Waals surface area (Å²) in [5.74, 6) is -0.943. The maximum absolute atomic E-state index is 12.5.